The summed E-state index contributed by atoms with van der Waals surface area (Å²) in [6, 6.07) is 31.8. The molecule has 1 aliphatic rings. The standard InChI is InChI=1S/C32H32S2/c1-31(2,3)23-15-11-21(12-16-23)25-19-20-28-30(34-27-10-8-7-9-26(27)33-28)29(25)22-13-17-24(18-14-22)32(4,5)6/h7-20H,1-6H3. The molecule has 0 N–H and O–H groups in total. The molecule has 0 radical (unpaired) electrons. The molecule has 0 aromatic heterocycles. The Morgan fingerprint density at radius 1 is 0.471 bits per heavy atom. The third-order valence-electron chi connectivity index (χ3n) is 6.50. The van der Waals surface area contributed by atoms with Gasteiger partial charge in [0.05, 0.1) is 0 Å². The SMILES string of the molecule is CC(C)(C)c1ccc(-c2ccc3c(c2-c2ccc(C(C)(C)C)cc2)Sc2ccccc2S3)cc1. The van der Waals surface area contributed by atoms with Crippen molar-refractivity contribution in [3.05, 3.63) is 96.1 Å². The zero-order valence-electron chi connectivity index (χ0n) is 20.9. The van der Waals surface area contributed by atoms with Gasteiger partial charge in [0, 0.05) is 25.1 Å². The molecule has 2 heteroatoms. The predicted molar refractivity (Wildman–Crippen MR) is 149 cm³/mol. The monoisotopic (exact) mass is 480 g/mol. The summed E-state index contributed by atoms with van der Waals surface area (Å²) in [5.74, 6) is 0. The van der Waals surface area contributed by atoms with Gasteiger partial charge in [-0.25, -0.2) is 0 Å². The first kappa shape index (κ1) is 23.3. The minimum Gasteiger partial charge on any atom is -0.0877 e. The maximum absolute atomic E-state index is 2.32. The molecular formula is C32H32S2. The van der Waals surface area contributed by atoms with E-state index in [4.69, 9.17) is 0 Å². The number of fused-ring (bicyclic) bond motifs is 2. The molecule has 34 heavy (non-hydrogen) atoms. The van der Waals surface area contributed by atoms with Gasteiger partial charge >= 0.3 is 0 Å². The van der Waals surface area contributed by atoms with Crippen molar-refractivity contribution in [2.75, 3.05) is 0 Å². The molecule has 0 unspecified atom stereocenters. The smallest absolute Gasteiger partial charge is 0.0347 e. The van der Waals surface area contributed by atoms with Crippen molar-refractivity contribution in [3.63, 3.8) is 0 Å². The molecule has 0 aliphatic carbocycles. The van der Waals surface area contributed by atoms with Gasteiger partial charge in [-0.05, 0) is 56.8 Å². The third kappa shape index (κ3) is 4.46. The van der Waals surface area contributed by atoms with Gasteiger partial charge in [0.15, 0.2) is 0 Å². The summed E-state index contributed by atoms with van der Waals surface area (Å²) in [4.78, 5) is 5.39. The predicted octanol–water partition coefficient (Wildman–Crippen LogP) is 10.2. The minimum atomic E-state index is 0.143. The van der Waals surface area contributed by atoms with Crippen LogP contribution in [0.2, 0.25) is 0 Å². The first-order valence-corrected chi connectivity index (χ1v) is 13.6. The van der Waals surface area contributed by atoms with Gasteiger partial charge in [0.1, 0.15) is 0 Å². The number of hydrogen-bond acceptors (Lipinski definition) is 2. The molecule has 5 rings (SSSR count). The normalized spacial score (nSPS) is 13.4. The van der Waals surface area contributed by atoms with Crippen LogP contribution in [0.15, 0.2) is 105 Å². The summed E-state index contributed by atoms with van der Waals surface area (Å²) < 4.78 is 0. The van der Waals surface area contributed by atoms with Crippen LogP contribution in [-0.4, -0.2) is 0 Å². The van der Waals surface area contributed by atoms with Gasteiger partial charge in [-0.15, -0.1) is 0 Å². The van der Waals surface area contributed by atoms with Gasteiger partial charge in [-0.2, -0.15) is 0 Å². The quantitative estimate of drug-likeness (QED) is 0.246. The van der Waals surface area contributed by atoms with Crippen LogP contribution in [0.4, 0.5) is 0 Å². The molecule has 4 aromatic carbocycles. The largest absolute Gasteiger partial charge is 0.0877 e. The lowest BCUT2D eigenvalue weighted by atomic mass is 9.84. The first-order valence-electron chi connectivity index (χ1n) is 11.9. The van der Waals surface area contributed by atoms with Gasteiger partial charge in [-0.1, -0.05) is 132 Å². The maximum atomic E-state index is 2.32. The van der Waals surface area contributed by atoms with E-state index < -0.39 is 0 Å². The Hall–Kier alpha value is -2.42. The molecule has 0 amide bonds. The minimum absolute atomic E-state index is 0.143. The van der Waals surface area contributed by atoms with Crippen molar-refractivity contribution in [2.24, 2.45) is 0 Å². The second kappa shape index (κ2) is 8.66. The summed E-state index contributed by atoms with van der Waals surface area (Å²) in [5.41, 5.74) is 8.22. The molecule has 1 aliphatic heterocycles. The van der Waals surface area contributed by atoms with Gasteiger partial charge in [-0.3, -0.25) is 0 Å². The highest BCUT2D eigenvalue weighted by Gasteiger charge is 2.24. The van der Waals surface area contributed by atoms with E-state index in [0.717, 1.165) is 0 Å². The van der Waals surface area contributed by atoms with Gasteiger partial charge in [0.2, 0.25) is 0 Å². The Kier molecular flexibility index (Phi) is 5.94. The van der Waals surface area contributed by atoms with Crippen molar-refractivity contribution < 1.29 is 0 Å². The Morgan fingerprint density at radius 3 is 1.50 bits per heavy atom. The Balaban J connectivity index is 1.68. The van der Waals surface area contributed by atoms with Crippen molar-refractivity contribution >= 4 is 23.5 Å². The fourth-order valence-electron chi connectivity index (χ4n) is 4.41. The van der Waals surface area contributed by atoms with Crippen LogP contribution in [0.25, 0.3) is 22.3 Å². The summed E-state index contributed by atoms with van der Waals surface area (Å²) in [7, 11) is 0. The lowest BCUT2D eigenvalue weighted by Crippen LogP contribution is -2.10. The molecule has 0 atom stereocenters. The molecule has 0 spiro atoms. The maximum Gasteiger partial charge on any atom is 0.0347 e. The van der Waals surface area contributed by atoms with Crippen molar-refractivity contribution in [1.29, 1.82) is 0 Å². The van der Waals surface area contributed by atoms with Crippen LogP contribution in [0.3, 0.4) is 0 Å². The molecule has 0 saturated carbocycles. The average Bonchev–Trinajstić information content (AvgIpc) is 2.81. The van der Waals surface area contributed by atoms with E-state index >= 15 is 0 Å². The van der Waals surface area contributed by atoms with Crippen LogP contribution in [0, 0.1) is 0 Å². The second-order valence-electron chi connectivity index (χ2n) is 11.1. The zero-order valence-corrected chi connectivity index (χ0v) is 22.5. The number of benzene rings is 4. The lowest BCUT2D eigenvalue weighted by Gasteiger charge is -2.25. The molecule has 0 bridgehead atoms. The topological polar surface area (TPSA) is 0 Å². The van der Waals surface area contributed by atoms with Gasteiger partial charge < -0.3 is 0 Å². The van der Waals surface area contributed by atoms with E-state index in [-0.39, 0.29) is 10.8 Å². The first-order chi connectivity index (χ1) is 16.1. The molecular weight excluding hydrogens is 448 g/mol. The molecule has 0 saturated heterocycles. The van der Waals surface area contributed by atoms with Crippen molar-refractivity contribution in [1.82, 2.24) is 0 Å². The summed E-state index contributed by atoms with van der Waals surface area (Å²) >= 11 is 3.80. The van der Waals surface area contributed by atoms with Crippen LogP contribution >= 0.6 is 23.5 Å². The fourth-order valence-corrected chi connectivity index (χ4v) is 6.82. The van der Waals surface area contributed by atoms with Crippen LogP contribution in [-0.2, 0) is 10.8 Å². The van der Waals surface area contributed by atoms with Crippen molar-refractivity contribution in [3.8, 4) is 22.3 Å². The highest BCUT2D eigenvalue weighted by Crippen LogP contribution is 2.54. The van der Waals surface area contributed by atoms with E-state index in [2.05, 4.69) is 126 Å². The number of hydrogen-bond donors (Lipinski definition) is 0. The van der Waals surface area contributed by atoms with E-state index in [1.807, 2.05) is 23.5 Å². The second-order valence-corrected chi connectivity index (χ2v) is 13.3. The lowest BCUT2D eigenvalue weighted by molar-refractivity contribution is 0.590. The average molecular weight is 481 g/mol. The Morgan fingerprint density at radius 2 is 0.971 bits per heavy atom. The van der Waals surface area contributed by atoms with E-state index in [0.29, 0.717) is 0 Å². The molecule has 4 aromatic rings. The summed E-state index contributed by atoms with van der Waals surface area (Å²) in [5, 5.41) is 0. The van der Waals surface area contributed by atoms with E-state index in [1.165, 1.54) is 53.0 Å². The molecule has 0 fully saturated rings. The fraction of sp³-hybridized carbons (Fsp3) is 0.250. The highest BCUT2D eigenvalue weighted by atomic mass is 32.2. The van der Waals surface area contributed by atoms with E-state index in [1.54, 1.807) is 0 Å². The van der Waals surface area contributed by atoms with E-state index in [9.17, 15) is 0 Å². The Labute approximate surface area is 213 Å². The molecule has 0 nitrogen and oxygen atoms in total. The highest BCUT2D eigenvalue weighted by molar-refractivity contribution is 8.05. The van der Waals surface area contributed by atoms with Crippen LogP contribution in [0.1, 0.15) is 52.7 Å². The summed E-state index contributed by atoms with van der Waals surface area (Å²) in [6.45, 7) is 13.6. The third-order valence-corrected chi connectivity index (χ3v) is 9.10. The summed E-state index contributed by atoms with van der Waals surface area (Å²) in [6.07, 6.45) is 0. The number of rotatable bonds is 2. The van der Waals surface area contributed by atoms with Crippen LogP contribution < -0.4 is 0 Å². The zero-order chi connectivity index (χ0) is 24.1. The molecule has 1 heterocycles. The molecule has 172 valence electrons. The van der Waals surface area contributed by atoms with Crippen LogP contribution in [0.5, 0.6) is 0 Å². The van der Waals surface area contributed by atoms with Crippen molar-refractivity contribution in [2.45, 2.75) is 72.0 Å². The van der Waals surface area contributed by atoms with Gasteiger partial charge in [0.25, 0.3) is 0 Å². The Bertz CT molecular complexity index is 1330.